The fraction of sp³-hybridized carbons (Fsp3) is 0.500. The van der Waals surface area contributed by atoms with Gasteiger partial charge in [-0.05, 0) is 25.1 Å². The number of ether oxygens (including phenoxy) is 2. The van der Waals surface area contributed by atoms with Crippen LogP contribution in [0, 0.1) is 11.3 Å². The summed E-state index contributed by atoms with van der Waals surface area (Å²) >= 11 is 0. The van der Waals surface area contributed by atoms with Crippen molar-refractivity contribution < 1.29 is 14.3 Å². The SMILES string of the molecule is CC(=O)c1ccc(C#N)c(N2CCOC3(CCOC3)C2)c1. The molecule has 0 radical (unpaired) electrons. The number of nitriles is 1. The van der Waals surface area contributed by atoms with Gasteiger partial charge in [0.15, 0.2) is 5.78 Å². The van der Waals surface area contributed by atoms with Crippen LogP contribution in [0.5, 0.6) is 0 Å². The van der Waals surface area contributed by atoms with E-state index in [1.165, 1.54) is 6.92 Å². The number of morpholine rings is 1. The first-order chi connectivity index (χ1) is 10.1. The third kappa shape index (κ3) is 2.65. The molecule has 110 valence electrons. The van der Waals surface area contributed by atoms with E-state index in [4.69, 9.17) is 9.47 Å². The summed E-state index contributed by atoms with van der Waals surface area (Å²) in [5.41, 5.74) is 1.78. The Morgan fingerprint density at radius 2 is 2.29 bits per heavy atom. The van der Waals surface area contributed by atoms with Gasteiger partial charge < -0.3 is 14.4 Å². The second-order valence-corrected chi connectivity index (χ2v) is 5.66. The third-order valence-corrected chi connectivity index (χ3v) is 4.18. The molecule has 2 heterocycles. The van der Waals surface area contributed by atoms with Crippen LogP contribution in [-0.2, 0) is 9.47 Å². The molecule has 1 atom stereocenters. The van der Waals surface area contributed by atoms with Crippen LogP contribution >= 0.6 is 0 Å². The van der Waals surface area contributed by atoms with Crippen LogP contribution in [0.25, 0.3) is 0 Å². The second kappa shape index (κ2) is 5.47. The summed E-state index contributed by atoms with van der Waals surface area (Å²) in [5, 5.41) is 9.32. The molecule has 2 fully saturated rings. The van der Waals surface area contributed by atoms with Gasteiger partial charge in [0.1, 0.15) is 11.7 Å². The van der Waals surface area contributed by atoms with Gasteiger partial charge in [-0.3, -0.25) is 4.79 Å². The number of anilines is 1. The Morgan fingerprint density at radius 1 is 1.43 bits per heavy atom. The Hall–Kier alpha value is -1.90. The van der Waals surface area contributed by atoms with E-state index in [2.05, 4.69) is 11.0 Å². The summed E-state index contributed by atoms with van der Waals surface area (Å²) in [6.45, 7) is 4.88. The van der Waals surface area contributed by atoms with Crippen LogP contribution in [-0.4, -0.2) is 44.3 Å². The fourth-order valence-electron chi connectivity index (χ4n) is 2.98. The van der Waals surface area contributed by atoms with Crippen molar-refractivity contribution in [1.29, 1.82) is 5.26 Å². The molecule has 0 saturated carbocycles. The minimum atomic E-state index is -0.267. The maximum atomic E-state index is 11.6. The molecule has 2 aliphatic heterocycles. The summed E-state index contributed by atoms with van der Waals surface area (Å²) in [6.07, 6.45) is 0.873. The molecule has 0 bridgehead atoms. The summed E-state index contributed by atoms with van der Waals surface area (Å²) in [5.74, 6) is 0.00733. The number of benzene rings is 1. The van der Waals surface area contributed by atoms with Crippen molar-refractivity contribution in [2.45, 2.75) is 18.9 Å². The maximum Gasteiger partial charge on any atom is 0.159 e. The summed E-state index contributed by atoms with van der Waals surface area (Å²) in [4.78, 5) is 13.7. The number of rotatable bonds is 2. The molecule has 5 nitrogen and oxygen atoms in total. The minimum Gasteiger partial charge on any atom is -0.378 e. The Labute approximate surface area is 124 Å². The third-order valence-electron chi connectivity index (χ3n) is 4.18. The van der Waals surface area contributed by atoms with Crippen LogP contribution < -0.4 is 4.90 Å². The van der Waals surface area contributed by atoms with Gasteiger partial charge in [0, 0.05) is 31.7 Å². The van der Waals surface area contributed by atoms with E-state index in [-0.39, 0.29) is 11.4 Å². The maximum absolute atomic E-state index is 11.6. The fourth-order valence-corrected chi connectivity index (χ4v) is 2.98. The van der Waals surface area contributed by atoms with Gasteiger partial charge in [-0.1, -0.05) is 0 Å². The van der Waals surface area contributed by atoms with Crippen molar-refractivity contribution in [2.75, 3.05) is 37.8 Å². The largest absolute Gasteiger partial charge is 0.378 e. The first-order valence-electron chi connectivity index (χ1n) is 7.15. The highest BCUT2D eigenvalue weighted by molar-refractivity contribution is 5.95. The van der Waals surface area contributed by atoms with Crippen LogP contribution in [0.15, 0.2) is 18.2 Å². The lowest BCUT2D eigenvalue weighted by molar-refractivity contribution is -0.0579. The highest BCUT2D eigenvalue weighted by atomic mass is 16.6. The number of Topliss-reactive ketones (excluding diaryl/α,β-unsaturated/α-hetero) is 1. The molecule has 0 amide bonds. The molecule has 1 aromatic carbocycles. The van der Waals surface area contributed by atoms with Crippen molar-refractivity contribution in [1.82, 2.24) is 0 Å². The summed E-state index contributed by atoms with van der Waals surface area (Å²) in [7, 11) is 0. The molecule has 1 spiro atoms. The van der Waals surface area contributed by atoms with E-state index in [0.717, 1.165) is 18.7 Å². The van der Waals surface area contributed by atoms with Crippen LogP contribution in [0.2, 0.25) is 0 Å². The zero-order chi connectivity index (χ0) is 14.9. The molecule has 3 rings (SSSR count). The highest BCUT2D eigenvalue weighted by Gasteiger charge is 2.40. The summed E-state index contributed by atoms with van der Waals surface area (Å²) in [6, 6.07) is 7.46. The Bertz CT molecular complexity index is 600. The first kappa shape index (κ1) is 14.1. The van der Waals surface area contributed by atoms with E-state index in [1.54, 1.807) is 12.1 Å². The van der Waals surface area contributed by atoms with E-state index in [9.17, 15) is 10.1 Å². The molecule has 5 heteroatoms. The number of hydrogen-bond donors (Lipinski definition) is 0. The normalized spacial score (nSPS) is 25.0. The quantitative estimate of drug-likeness (QED) is 0.775. The predicted molar refractivity (Wildman–Crippen MR) is 77.5 cm³/mol. The van der Waals surface area contributed by atoms with Crippen LogP contribution in [0.3, 0.4) is 0 Å². The van der Waals surface area contributed by atoms with E-state index in [1.807, 2.05) is 6.07 Å². The molecule has 1 unspecified atom stereocenters. The smallest absolute Gasteiger partial charge is 0.159 e. The second-order valence-electron chi connectivity index (χ2n) is 5.66. The average molecular weight is 286 g/mol. The highest BCUT2D eigenvalue weighted by Crippen LogP contribution is 2.32. The first-order valence-corrected chi connectivity index (χ1v) is 7.15. The number of nitrogens with zero attached hydrogens (tertiary/aromatic N) is 2. The molecule has 0 aliphatic carbocycles. The van der Waals surface area contributed by atoms with Gasteiger partial charge in [0.05, 0.1) is 24.5 Å². The monoisotopic (exact) mass is 286 g/mol. The minimum absolute atomic E-state index is 0.00733. The topological polar surface area (TPSA) is 62.6 Å². The molecular formula is C16H18N2O3. The van der Waals surface area contributed by atoms with Crippen molar-refractivity contribution in [3.63, 3.8) is 0 Å². The standard InChI is InChI=1S/C16H18N2O3/c1-12(19)13-2-3-14(9-17)15(8-13)18-5-7-21-16(10-18)4-6-20-11-16/h2-3,8H,4-7,10-11H2,1H3. The van der Waals surface area contributed by atoms with E-state index >= 15 is 0 Å². The van der Waals surface area contributed by atoms with Crippen molar-refractivity contribution in [3.8, 4) is 6.07 Å². The van der Waals surface area contributed by atoms with Gasteiger partial charge in [0.25, 0.3) is 0 Å². The Kier molecular flexibility index (Phi) is 3.66. The summed E-state index contributed by atoms with van der Waals surface area (Å²) < 4.78 is 11.4. The number of carbonyl (C=O) groups is 1. The predicted octanol–water partition coefficient (Wildman–Crippen LogP) is 1.76. The zero-order valence-corrected chi connectivity index (χ0v) is 12.1. The number of carbonyl (C=O) groups excluding carboxylic acids is 1. The number of ketones is 1. The van der Waals surface area contributed by atoms with E-state index < -0.39 is 0 Å². The molecule has 2 saturated heterocycles. The van der Waals surface area contributed by atoms with Gasteiger partial charge in [0.2, 0.25) is 0 Å². The molecule has 21 heavy (non-hydrogen) atoms. The molecule has 0 aromatic heterocycles. The van der Waals surface area contributed by atoms with Gasteiger partial charge >= 0.3 is 0 Å². The van der Waals surface area contributed by atoms with Crippen LogP contribution in [0.4, 0.5) is 5.69 Å². The lowest BCUT2D eigenvalue weighted by Crippen LogP contribution is -2.52. The van der Waals surface area contributed by atoms with Crippen LogP contribution in [0.1, 0.15) is 29.3 Å². The Balaban J connectivity index is 1.93. The number of hydrogen-bond acceptors (Lipinski definition) is 5. The molecule has 2 aliphatic rings. The zero-order valence-electron chi connectivity index (χ0n) is 12.1. The van der Waals surface area contributed by atoms with Crippen molar-refractivity contribution in [3.05, 3.63) is 29.3 Å². The lowest BCUT2D eigenvalue weighted by atomic mass is 9.99. The van der Waals surface area contributed by atoms with Gasteiger partial charge in [-0.25, -0.2) is 0 Å². The molecule has 0 N–H and O–H groups in total. The Morgan fingerprint density at radius 3 is 2.95 bits per heavy atom. The average Bonchev–Trinajstić information content (AvgIpc) is 2.94. The molecule has 1 aromatic rings. The van der Waals surface area contributed by atoms with Crippen molar-refractivity contribution >= 4 is 11.5 Å². The van der Waals surface area contributed by atoms with Crippen molar-refractivity contribution in [2.24, 2.45) is 0 Å². The van der Waals surface area contributed by atoms with Gasteiger partial charge in [-0.2, -0.15) is 5.26 Å². The van der Waals surface area contributed by atoms with Gasteiger partial charge in [-0.15, -0.1) is 0 Å². The van der Waals surface area contributed by atoms with E-state index in [0.29, 0.717) is 37.5 Å². The molecular weight excluding hydrogens is 268 g/mol. The lowest BCUT2D eigenvalue weighted by Gasteiger charge is -2.41.